The molecule has 0 amide bonds. The highest BCUT2D eigenvalue weighted by atomic mass is 19.4. The fourth-order valence-electron chi connectivity index (χ4n) is 5.79. The van der Waals surface area contributed by atoms with Gasteiger partial charge >= 0.3 is 24.5 Å². The molecule has 1 heterocycles. The number of hydrogen-bond acceptors (Lipinski definition) is 7. The molecular formula is C31H40F9N7O2. The van der Waals surface area contributed by atoms with E-state index < -0.39 is 59.8 Å². The summed E-state index contributed by atoms with van der Waals surface area (Å²) in [6.45, 7) is 3.25. The number of rotatable bonds is 12. The molecule has 1 fully saturated rings. The van der Waals surface area contributed by atoms with Crippen LogP contribution in [0, 0.1) is 11.8 Å². The minimum Gasteiger partial charge on any atom is -0.466 e. The Morgan fingerprint density at radius 3 is 1.92 bits per heavy atom. The van der Waals surface area contributed by atoms with Crippen molar-refractivity contribution >= 4 is 17.7 Å². The molecule has 0 unspecified atom stereocenters. The van der Waals surface area contributed by atoms with Crippen molar-refractivity contribution in [1.29, 1.82) is 0 Å². The number of nitrogens with two attached hydrogens (primary N) is 2. The van der Waals surface area contributed by atoms with E-state index in [0.717, 1.165) is 41.8 Å². The molecule has 1 aliphatic rings. The highest BCUT2D eigenvalue weighted by Crippen LogP contribution is 2.38. The second-order valence-electron chi connectivity index (χ2n) is 11.9. The van der Waals surface area contributed by atoms with Crippen LogP contribution in [-0.2, 0) is 41.1 Å². The Morgan fingerprint density at radius 2 is 1.43 bits per heavy atom. The molecule has 274 valence electrons. The van der Waals surface area contributed by atoms with Crippen LogP contribution >= 0.6 is 0 Å². The highest BCUT2D eigenvalue weighted by molar-refractivity contribution is 5.78. The minimum absolute atomic E-state index is 0.0305. The Labute approximate surface area is 278 Å². The van der Waals surface area contributed by atoms with Gasteiger partial charge in [-0.15, -0.1) is 5.10 Å². The lowest BCUT2D eigenvalue weighted by atomic mass is 9.80. The standard InChI is InChI=1S/C31H40F9N7O2/c1-4-46(16-20-8-6-19(7-9-20)12-26(48)49-5-2)27-22(13-25(15-43-27)31(38,39)40)18-47(28(41)44-45(3)42)17-21-10-23(29(32,33)34)14-24(11-21)30(35,36)37/h10-11,13-15,19-20H,4-9,12,16-18,42H2,1-3H3,(H2,41,44). The molecule has 1 aliphatic carbocycles. The van der Waals surface area contributed by atoms with Crippen molar-refractivity contribution in [2.45, 2.75) is 77.6 Å². The number of hydrazine groups is 1. The van der Waals surface area contributed by atoms with E-state index >= 15 is 0 Å². The van der Waals surface area contributed by atoms with Gasteiger partial charge in [-0.25, -0.2) is 15.9 Å². The van der Waals surface area contributed by atoms with Crippen molar-refractivity contribution in [1.82, 2.24) is 15.0 Å². The van der Waals surface area contributed by atoms with Gasteiger partial charge in [0.25, 0.3) is 0 Å². The summed E-state index contributed by atoms with van der Waals surface area (Å²) in [4.78, 5) is 18.8. The Kier molecular flexibility index (Phi) is 13.0. The van der Waals surface area contributed by atoms with Gasteiger partial charge in [0, 0.05) is 51.4 Å². The van der Waals surface area contributed by atoms with Crippen molar-refractivity contribution in [2.75, 3.05) is 31.6 Å². The molecule has 0 aliphatic heterocycles. The molecule has 2 aromatic rings. The topological polar surface area (TPSA) is 113 Å². The maximum atomic E-state index is 13.9. The van der Waals surface area contributed by atoms with E-state index in [9.17, 15) is 44.3 Å². The lowest BCUT2D eigenvalue weighted by molar-refractivity contribution is -0.145. The fraction of sp³-hybridized carbons (Fsp3) is 0.581. The first-order valence-corrected chi connectivity index (χ1v) is 15.5. The first-order valence-electron chi connectivity index (χ1n) is 15.5. The van der Waals surface area contributed by atoms with Crippen LogP contribution in [0.1, 0.15) is 73.8 Å². The number of anilines is 1. The van der Waals surface area contributed by atoms with Gasteiger partial charge in [-0.3, -0.25) is 4.79 Å². The molecule has 18 heteroatoms. The molecule has 0 radical (unpaired) electrons. The lowest BCUT2D eigenvalue weighted by Gasteiger charge is -2.34. The van der Waals surface area contributed by atoms with Crippen LogP contribution in [0.3, 0.4) is 0 Å². The molecule has 1 aromatic heterocycles. The van der Waals surface area contributed by atoms with Crippen molar-refractivity contribution in [2.24, 2.45) is 28.5 Å². The van der Waals surface area contributed by atoms with Gasteiger partial charge < -0.3 is 20.3 Å². The summed E-state index contributed by atoms with van der Waals surface area (Å²) >= 11 is 0. The third-order valence-electron chi connectivity index (χ3n) is 8.12. The first-order chi connectivity index (χ1) is 22.7. The molecule has 0 saturated heterocycles. The van der Waals surface area contributed by atoms with Gasteiger partial charge in [0.05, 0.1) is 23.3 Å². The number of carbonyl (C=O) groups is 1. The van der Waals surface area contributed by atoms with Crippen molar-refractivity contribution < 1.29 is 49.0 Å². The molecule has 1 aromatic carbocycles. The normalized spacial score (nSPS) is 17.5. The Bertz CT molecular complexity index is 1410. The number of benzene rings is 1. The molecule has 1 saturated carbocycles. The summed E-state index contributed by atoms with van der Waals surface area (Å²) in [5.74, 6) is 5.19. The monoisotopic (exact) mass is 713 g/mol. The molecular weight excluding hydrogens is 673 g/mol. The van der Waals surface area contributed by atoms with Crippen LogP contribution in [0.5, 0.6) is 0 Å². The van der Waals surface area contributed by atoms with Gasteiger partial charge in [0.15, 0.2) is 0 Å². The Hall–Kier alpha value is -3.96. The number of alkyl halides is 9. The molecule has 0 atom stereocenters. The number of nitrogens with zero attached hydrogens (tertiary/aromatic N) is 5. The summed E-state index contributed by atoms with van der Waals surface area (Å²) in [5, 5.41) is 4.54. The van der Waals surface area contributed by atoms with E-state index in [1.54, 1.807) is 18.7 Å². The number of esters is 1. The number of pyridine rings is 1. The van der Waals surface area contributed by atoms with E-state index in [1.165, 1.54) is 7.05 Å². The van der Waals surface area contributed by atoms with Crippen molar-refractivity contribution in [3.05, 3.63) is 58.3 Å². The number of hydrogen-bond donors (Lipinski definition) is 2. The summed E-state index contributed by atoms with van der Waals surface area (Å²) in [7, 11) is 1.24. The number of guanidine groups is 1. The maximum Gasteiger partial charge on any atom is 0.417 e. The van der Waals surface area contributed by atoms with E-state index in [4.69, 9.17) is 16.3 Å². The van der Waals surface area contributed by atoms with Gasteiger partial charge in [0.2, 0.25) is 5.96 Å². The summed E-state index contributed by atoms with van der Waals surface area (Å²) in [5.41, 5.74) is 1.30. The van der Waals surface area contributed by atoms with Crippen LogP contribution < -0.4 is 16.5 Å². The largest absolute Gasteiger partial charge is 0.466 e. The predicted octanol–water partition coefficient (Wildman–Crippen LogP) is 6.76. The summed E-state index contributed by atoms with van der Waals surface area (Å²) in [6, 6.07) is 1.80. The van der Waals surface area contributed by atoms with Crippen LogP contribution in [0.25, 0.3) is 0 Å². The quantitative estimate of drug-likeness (QED) is 0.0620. The third-order valence-corrected chi connectivity index (χ3v) is 8.12. The van der Waals surface area contributed by atoms with Crippen LogP contribution in [0.15, 0.2) is 35.6 Å². The number of halogens is 9. The van der Waals surface area contributed by atoms with E-state index in [2.05, 4.69) is 10.1 Å². The van der Waals surface area contributed by atoms with Crippen LogP contribution in [0.4, 0.5) is 45.3 Å². The Balaban J connectivity index is 2.00. The van der Waals surface area contributed by atoms with E-state index in [1.807, 2.05) is 0 Å². The fourth-order valence-corrected chi connectivity index (χ4v) is 5.79. The van der Waals surface area contributed by atoms with Gasteiger partial charge in [-0.05, 0) is 81.2 Å². The average Bonchev–Trinajstić information content (AvgIpc) is 2.98. The van der Waals surface area contributed by atoms with Gasteiger partial charge in [-0.2, -0.15) is 39.5 Å². The van der Waals surface area contributed by atoms with Crippen LogP contribution in [0.2, 0.25) is 0 Å². The van der Waals surface area contributed by atoms with Gasteiger partial charge in [-0.1, -0.05) is 0 Å². The second-order valence-corrected chi connectivity index (χ2v) is 11.9. The number of ether oxygens (including phenoxy) is 1. The highest BCUT2D eigenvalue weighted by Gasteiger charge is 2.37. The molecule has 4 N–H and O–H groups in total. The zero-order chi connectivity index (χ0) is 36.7. The zero-order valence-electron chi connectivity index (χ0n) is 27.2. The zero-order valence-corrected chi connectivity index (χ0v) is 27.2. The van der Waals surface area contributed by atoms with Crippen LogP contribution in [-0.4, -0.2) is 53.7 Å². The molecule has 0 spiro atoms. The minimum atomic E-state index is -5.13. The molecule has 0 bridgehead atoms. The van der Waals surface area contributed by atoms with Crippen molar-refractivity contribution in [3.8, 4) is 0 Å². The van der Waals surface area contributed by atoms with E-state index in [-0.39, 0.29) is 41.9 Å². The summed E-state index contributed by atoms with van der Waals surface area (Å²) in [6.07, 6.45) is -11.1. The number of carbonyl (C=O) groups excluding carboxylic acids is 1. The number of aromatic nitrogens is 1. The smallest absolute Gasteiger partial charge is 0.417 e. The van der Waals surface area contributed by atoms with E-state index in [0.29, 0.717) is 37.8 Å². The lowest BCUT2D eigenvalue weighted by Crippen LogP contribution is -2.40. The predicted molar refractivity (Wildman–Crippen MR) is 163 cm³/mol. The van der Waals surface area contributed by atoms with Crippen molar-refractivity contribution in [3.63, 3.8) is 0 Å². The summed E-state index contributed by atoms with van der Waals surface area (Å²) < 4.78 is 128. The SMILES string of the molecule is CCOC(=O)CC1CCC(CN(CC)c2ncc(C(F)(F)F)cc2CN(Cc2cc(C(F)(F)F)cc(C(F)(F)F)c2)/C(N)=N/N(C)N)CC1. The molecule has 49 heavy (non-hydrogen) atoms. The number of hydrazone groups is 1. The average molecular weight is 714 g/mol. The first kappa shape index (κ1) is 39.5. The molecule has 9 nitrogen and oxygen atoms in total. The second kappa shape index (κ2) is 16.2. The maximum absolute atomic E-state index is 13.9. The Morgan fingerprint density at radius 1 is 0.878 bits per heavy atom. The molecule has 3 rings (SSSR count). The van der Waals surface area contributed by atoms with Gasteiger partial charge in [0.1, 0.15) is 5.82 Å². The third kappa shape index (κ3) is 11.6.